The van der Waals surface area contributed by atoms with Crippen LogP contribution in [0.5, 0.6) is 0 Å². The maximum absolute atomic E-state index is 12.9. The molecule has 0 heterocycles. The monoisotopic (exact) mass is 316 g/mol. The Morgan fingerprint density at radius 1 is 1.10 bits per heavy atom. The number of carboxylic acid groups (broad SMARTS) is 1. The zero-order valence-electron chi connectivity index (χ0n) is 9.79. The van der Waals surface area contributed by atoms with Gasteiger partial charge in [-0.15, -0.1) is 0 Å². The first-order chi connectivity index (χ1) is 9.41. The highest BCUT2D eigenvalue weighted by Gasteiger charge is 2.47. The Kier molecular flexibility index (Phi) is 4.32. The van der Waals surface area contributed by atoms with Gasteiger partial charge in [0.1, 0.15) is 6.29 Å². The molecular formula is C11H6F6O4. The lowest BCUT2D eigenvalue weighted by Gasteiger charge is -2.21. The summed E-state index contributed by atoms with van der Waals surface area (Å²) >= 11 is 0. The third kappa shape index (κ3) is 3.32. The van der Waals surface area contributed by atoms with Crippen LogP contribution in [0, 0.1) is 0 Å². The van der Waals surface area contributed by atoms with E-state index in [4.69, 9.17) is 5.11 Å². The van der Waals surface area contributed by atoms with Crippen LogP contribution in [0.25, 0.3) is 0 Å². The van der Waals surface area contributed by atoms with Crippen LogP contribution in [0.4, 0.5) is 26.3 Å². The number of hydrogen-bond acceptors (Lipinski definition) is 3. The fourth-order valence-corrected chi connectivity index (χ4v) is 1.70. The van der Waals surface area contributed by atoms with Gasteiger partial charge in [-0.05, 0) is 6.07 Å². The summed E-state index contributed by atoms with van der Waals surface area (Å²) in [5.74, 6) is -2.22. The molecule has 1 aromatic carbocycles. The van der Waals surface area contributed by atoms with Gasteiger partial charge in [0, 0.05) is 11.1 Å². The van der Waals surface area contributed by atoms with E-state index in [1.807, 2.05) is 0 Å². The van der Waals surface area contributed by atoms with E-state index in [1.54, 1.807) is 0 Å². The lowest BCUT2D eigenvalue weighted by molar-refractivity contribution is -0.164. The second-order valence-corrected chi connectivity index (χ2v) is 3.85. The Morgan fingerprint density at radius 3 is 1.95 bits per heavy atom. The van der Waals surface area contributed by atoms with Crippen molar-refractivity contribution in [2.24, 2.45) is 0 Å². The van der Waals surface area contributed by atoms with E-state index in [1.165, 1.54) is 0 Å². The van der Waals surface area contributed by atoms with Crippen LogP contribution in [-0.4, -0.2) is 22.5 Å². The predicted molar refractivity (Wildman–Crippen MR) is 54.4 cm³/mol. The van der Waals surface area contributed by atoms with Crippen LogP contribution in [-0.2, 0) is 17.1 Å². The summed E-state index contributed by atoms with van der Waals surface area (Å²) in [4.78, 5) is 21.2. The van der Waals surface area contributed by atoms with E-state index in [2.05, 4.69) is 0 Å². The molecule has 0 saturated heterocycles. The Labute approximate surface area is 112 Å². The third-order valence-corrected chi connectivity index (χ3v) is 2.50. The summed E-state index contributed by atoms with van der Waals surface area (Å²) in [6.45, 7) is 0. The molecule has 1 unspecified atom stereocenters. The van der Waals surface area contributed by atoms with Gasteiger partial charge in [0.05, 0.1) is 11.1 Å². The molecule has 0 aliphatic rings. The van der Waals surface area contributed by atoms with Crippen molar-refractivity contribution < 1.29 is 46.1 Å². The van der Waals surface area contributed by atoms with Crippen LogP contribution in [0.15, 0.2) is 12.1 Å². The second kappa shape index (κ2) is 5.35. The summed E-state index contributed by atoms with van der Waals surface area (Å²) in [6.07, 6.45) is -14.3. The van der Waals surface area contributed by atoms with Gasteiger partial charge in [-0.2, -0.15) is 26.3 Å². The second-order valence-electron chi connectivity index (χ2n) is 3.85. The van der Waals surface area contributed by atoms with Gasteiger partial charge in [-0.25, -0.2) is 4.79 Å². The molecule has 1 atom stereocenters. The molecule has 1 rings (SSSR count). The smallest absolute Gasteiger partial charge is 0.417 e. The van der Waals surface area contributed by atoms with Gasteiger partial charge in [-0.1, -0.05) is 6.07 Å². The van der Waals surface area contributed by atoms with Gasteiger partial charge >= 0.3 is 18.3 Å². The average Bonchev–Trinajstić information content (AvgIpc) is 2.33. The summed E-state index contributed by atoms with van der Waals surface area (Å²) in [5.41, 5.74) is -7.21. The molecule has 2 N–H and O–H groups in total. The van der Waals surface area contributed by atoms with Gasteiger partial charge in [0.15, 0.2) is 6.10 Å². The Bertz CT molecular complexity index is 575. The molecular weight excluding hydrogens is 310 g/mol. The fraction of sp³-hybridized carbons (Fsp3) is 0.273. The molecule has 0 aromatic heterocycles. The van der Waals surface area contributed by atoms with Crippen molar-refractivity contribution in [3.63, 3.8) is 0 Å². The minimum atomic E-state index is -5.62. The third-order valence-electron chi connectivity index (χ3n) is 2.50. The fourth-order valence-electron chi connectivity index (χ4n) is 1.70. The SMILES string of the molecule is O=Cc1ccc(C(F)(F)F)c(C(F)(F)F)c1C(O)C(=O)O. The first-order valence-electron chi connectivity index (χ1n) is 5.08. The van der Waals surface area contributed by atoms with Gasteiger partial charge < -0.3 is 10.2 Å². The van der Waals surface area contributed by atoms with Gasteiger partial charge in [-0.3, -0.25) is 4.79 Å². The number of rotatable bonds is 3. The van der Waals surface area contributed by atoms with Crippen molar-refractivity contribution in [1.82, 2.24) is 0 Å². The number of aliphatic hydroxyl groups excluding tert-OH is 1. The molecule has 116 valence electrons. The normalized spacial score (nSPS) is 13.9. The number of halogens is 6. The van der Waals surface area contributed by atoms with Crippen LogP contribution in [0.2, 0.25) is 0 Å². The zero-order chi connectivity index (χ0) is 16.6. The Balaban J connectivity index is 3.88. The number of carbonyl (C=O) groups excluding carboxylic acids is 1. The van der Waals surface area contributed by atoms with Gasteiger partial charge in [0.2, 0.25) is 0 Å². The standard InChI is InChI=1S/C11H6F6O4/c12-10(13,14)5-2-1-4(3-18)6(8(19)9(20)21)7(5)11(15,16)17/h1-3,8,19H,(H,20,21). The first kappa shape index (κ1) is 17.0. The molecule has 0 aliphatic heterocycles. The molecule has 21 heavy (non-hydrogen) atoms. The summed E-state index contributed by atoms with van der Waals surface area (Å²) in [7, 11) is 0. The predicted octanol–water partition coefficient (Wildman–Crippen LogP) is 2.65. The topological polar surface area (TPSA) is 74.6 Å². The molecule has 0 saturated carbocycles. The van der Waals surface area contributed by atoms with Crippen molar-refractivity contribution in [2.75, 3.05) is 0 Å². The lowest BCUT2D eigenvalue weighted by Crippen LogP contribution is -2.24. The Hall–Kier alpha value is -2.10. The number of aliphatic carboxylic acids is 1. The summed E-state index contributed by atoms with van der Waals surface area (Å²) < 4.78 is 76.5. The van der Waals surface area contributed by atoms with E-state index >= 15 is 0 Å². The van der Waals surface area contributed by atoms with E-state index in [0.717, 1.165) is 0 Å². The first-order valence-corrected chi connectivity index (χ1v) is 5.08. The van der Waals surface area contributed by atoms with Crippen LogP contribution in [0.1, 0.15) is 33.2 Å². The van der Waals surface area contributed by atoms with E-state index < -0.39 is 46.7 Å². The van der Waals surface area contributed by atoms with Crippen molar-refractivity contribution >= 4 is 12.3 Å². The number of aliphatic hydroxyl groups is 1. The van der Waals surface area contributed by atoms with Crippen molar-refractivity contribution in [3.05, 3.63) is 34.4 Å². The maximum atomic E-state index is 12.9. The Morgan fingerprint density at radius 2 is 1.62 bits per heavy atom. The van der Waals surface area contributed by atoms with E-state index in [0.29, 0.717) is 6.07 Å². The highest BCUT2D eigenvalue weighted by Crippen LogP contribution is 2.44. The summed E-state index contributed by atoms with van der Waals surface area (Å²) in [6, 6.07) is 0.372. The van der Waals surface area contributed by atoms with Crippen LogP contribution < -0.4 is 0 Å². The molecule has 4 nitrogen and oxygen atoms in total. The highest BCUT2D eigenvalue weighted by molar-refractivity contribution is 5.84. The number of alkyl halides is 6. The number of carboxylic acids is 1. The van der Waals surface area contributed by atoms with E-state index in [9.17, 15) is 41.0 Å². The number of benzene rings is 1. The zero-order valence-corrected chi connectivity index (χ0v) is 9.79. The molecule has 0 fully saturated rings. The van der Waals surface area contributed by atoms with E-state index in [-0.39, 0.29) is 12.4 Å². The molecule has 0 radical (unpaired) electrons. The van der Waals surface area contributed by atoms with Crippen LogP contribution >= 0.6 is 0 Å². The van der Waals surface area contributed by atoms with Crippen molar-refractivity contribution in [1.29, 1.82) is 0 Å². The quantitative estimate of drug-likeness (QED) is 0.664. The average molecular weight is 316 g/mol. The number of carbonyl (C=O) groups is 2. The largest absolute Gasteiger partial charge is 0.479 e. The van der Waals surface area contributed by atoms with Crippen LogP contribution in [0.3, 0.4) is 0 Å². The highest BCUT2D eigenvalue weighted by atomic mass is 19.4. The van der Waals surface area contributed by atoms with Crippen molar-refractivity contribution in [3.8, 4) is 0 Å². The van der Waals surface area contributed by atoms with Gasteiger partial charge in [0.25, 0.3) is 0 Å². The minimum Gasteiger partial charge on any atom is -0.479 e. The molecule has 10 heteroatoms. The molecule has 0 aliphatic carbocycles. The number of aldehydes is 1. The maximum Gasteiger partial charge on any atom is 0.417 e. The number of hydrogen-bond donors (Lipinski definition) is 2. The van der Waals surface area contributed by atoms with Crippen molar-refractivity contribution in [2.45, 2.75) is 18.5 Å². The molecule has 0 spiro atoms. The minimum absolute atomic E-state index is 0.00459. The lowest BCUT2D eigenvalue weighted by atomic mass is 9.91. The summed E-state index contributed by atoms with van der Waals surface area (Å²) in [5, 5.41) is 17.7. The molecule has 0 amide bonds. The molecule has 0 bridgehead atoms. The molecule has 1 aromatic rings.